The highest BCUT2D eigenvalue weighted by molar-refractivity contribution is 7.89. The third kappa shape index (κ3) is 3.68. The van der Waals surface area contributed by atoms with Crippen LogP contribution in [-0.2, 0) is 10.0 Å². The molecule has 0 aromatic rings. The maximum absolute atomic E-state index is 12.4. The summed E-state index contributed by atoms with van der Waals surface area (Å²) in [4.78, 5) is 0. The van der Waals surface area contributed by atoms with Gasteiger partial charge in [0.15, 0.2) is 0 Å². The van der Waals surface area contributed by atoms with E-state index in [9.17, 15) is 8.42 Å². The maximum atomic E-state index is 12.4. The summed E-state index contributed by atoms with van der Waals surface area (Å²) < 4.78 is 26.6. The summed E-state index contributed by atoms with van der Waals surface area (Å²) in [5, 5.41) is 3.38. The zero-order valence-corrected chi connectivity index (χ0v) is 12.4. The Labute approximate surface area is 111 Å². The molecule has 2 rings (SSSR count). The van der Waals surface area contributed by atoms with Crippen molar-refractivity contribution in [1.29, 1.82) is 0 Å². The van der Waals surface area contributed by atoms with Crippen LogP contribution in [0.25, 0.3) is 0 Å². The van der Waals surface area contributed by atoms with Crippen LogP contribution in [0.15, 0.2) is 0 Å². The van der Waals surface area contributed by atoms with Gasteiger partial charge in [0, 0.05) is 25.2 Å². The van der Waals surface area contributed by atoms with Crippen molar-refractivity contribution in [2.75, 3.05) is 18.8 Å². The molecule has 0 aromatic carbocycles. The van der Waals surface area contributed by atoms with E-state index in [1.165, 1.54) is 19.3 Å². The predicted molar refractivity (Wildman–Crippen MR) is 74.0 cm³/mol. The summed E-state index contributed by atoms with van der Waals surface area (Å²) in [6.07, 6.45) is 5.87. The van der Waals surface area contributed by atoms with E-state index < -0.39 is 10.0 Å². The first kappa shape index (κ1) is 14.3. The second-order valence-electron chi connectivity index (χ2n) is 6.07. The first-order valence-corrected chi connectivity index (χ1v) is 8.82. The van der Waals surface area contributed by atoms with Gasteiger partial charge in [0.05, 0.1) is 5.75 Å². The highest BCUT2D eigenvalue weighted by atomic mass is 32.2. The summed E-state index contributed by atoms with van der Waals surface area (Å²) in [6.45, 7) is 5.36. The molecule has 2 unspecified atom stereocenters. The van der Waals surface area contributed by atoms with Gasteiger partial charge in [-0.3, -0.25) is 0 Å². The topological polar surface area (TPSA) is 49.4 Å². The minimum absolute atomic E-state index is 0.259. The Hall–Kier alpha value is -0.130. The number of sulfonamides is 1. The van der Waals surface area contributed by atoms with Gasteiger partial charge in [-0.2, -0.15) is 4.31 Å². The Kier molecular flexibility index (Phi) is 4.67. The predicted octanol–water partition coefficient (Wildman–Crippen LogP) is 1.58. The van der Waals surface area contributed by atoms with Gasteiger partial charge in [-0.25, -0.2) is 8.42 Å². The van der Waals surface area contributed by atoms with E-state index in [1.807, 2.05) is 0 Å². The van der Waals surface area contributed by atoms with Crippen molar-refractivity contribution in [2.45, 2.75) is 58.0 Å². The third-order valence-electron chi connectivity index (χ3n) is 4.09. The highest BCUT2D eigenvalue weighted by Crippen LogP contribution is 2.26. The molecule has 1 N–H and O–H groups in total. The molecule has 2 fully saturated rings. The first-order valence-electron chi connectivity index (χ1n) is 7.21. The van der Waals surface area contributed by atoms with Crippen LogP contribution in [0.5, 0.6) is 0 Å². The summed E-state index contributed by atoms with van der Waals surface area (Å²) >= 11 is 0. The van der Waals surface area contributed by atoms with Gasteiger partial charge in [-0.05, 0) is 32.6 Å². The lowest BCUT2D eigenvalue weighted by atomic mass is 9.91. The standard InChI is InChI=1S/C13H26N2O2S/c1-11-8-15(9-12(2)14-11)18(16,17)10-13-6-4-3-5-7-13/h11-14H,3-10H2,1-2H3. The van der Waals surface area contributed by atoms with Crippen molar-refractivity contribution in [1.82, 2.24) is 9.62 Å². The minimum Gasteiger partial charge on any atom is -0.309 e. The minimum atomic E-state index is -3.06. The molecule has 0 aromatic heterocycles. The van der Waals surface area contributed by atoms with Crippen LogP contribution in [-0.4, -0.2) is 43.6 Å². The smallest absolute Gasteiger partial charge is 0.214 e. The molecule has 1 aliphatic carbocycles. The Morgan fingerprint density at radius 3 is 2.17 bits per heavy atom. The van der Waals surface area contributed by atoms with Crippen molar-refractivity contribution in [2.24, 2.45) is 5.92 Å². The Morgan fingerprint density at radius 1 is 1.06 bits per heavy atom. The Bertz CT molecular complexity index is 353. The lowest BCUT2D eigenvalue weighted by Crippen LogP contribution is -2.56. The second-order valence-corrected chi connectivity index (χ2v) is 8.08. The van der Waals surface area contributed by atoms with E-state index in [2.05, 4.69) is 19.2 Å². The van der Waals surface area contributed by atoms with Crippen molar-refractivity contribution in [3.63, 3.8) is 0 Å². The van der Waals surface area contributed by atoms with Crippen LogP contribution in [0.4, 0.5) is 0 Å². The van der Waals surface area contributed by atoms with Crippen LogP contribution in [0, 0.1) is 5.92 Å². The normalized spacial score (nSPS) is 32.6. The van der Waals surface area contributed by atoms with E-state index in [4.69, 9.17) is 0 Å². The largest absolute Gasteiger partial charge is 0.309 e. The molecular weight excluding hydrogens is 248 g/mol. The number of piperazine rings is 1. The molecule has 106 valence electrons. The third-order valence-corrected chi connectivity index (χ3v) is 6.07. The van der Waals surface area contributed by atoms with Crippen LogP contribution in [0.1, 0.15) is 46.0 Å². The van der Waals surface area contributed by atoms with Gasteiger partial charge < -0.3 is 5.32 Å². The molecule has 1 saturated heterocycles. The molecule has 0 spiro atoms. The number of nitrogens with zero attached hydrogens (tertiary/aromatic N) is 1. The van der Waals surface area contributed by atoms with Crippen molar-refractivity contribution >= 4 is 10.0 Å². The fraction of sp³-hybridized carbons (Fsp3) is 1.00. The molecule has 0 amide bonds. The Balaban J connectivity index is 1.96. The van der Waals surface area contributed by atoms with Crippen LogP contribution < -0.4 is 5.32 Å². The molecule has 2 atom stereocenters. The molecule has 0 radical (unpaired) electrons. The SMILES string of the molecule is CC1CN(S(=O)(=O)CC2CCCCC2)CC(C)N1. The summed E-state index contributed by atoms with van der Waals surface area (Å²) in [5.41, 5.74) is 0. The van der Waals surface area contributed by atoms with E-state index in [0.29, 0.717) is 24.8 Å². The van der Waals surface area contributed by atoms with Gasteiger partial charge in [0.2, 0.25) is 10.0 Å². The average Bonchev–Trinajstić information content (AvgIpc) is 2.28. The fourth-order valence-corrected chi connectivity index (χ4v) is 5.30. The van der Waals surface area contributed by atoms with Crippen molar-refractivity contribution in [3.05, 3.63) is 0 Å². The lowest BCUT2D eigenvalue weighted by Gasteiger charge is -2.36. The zero-order valence-electron chi connectivity index (χ0n) is 11.6. The molecule has 4 nitrogen and oxygen atoms in total. The average molecular weight is 274 g/mol. The lowest BCUT2D eigenvalue weighted by molar-refractivity contribution is 0.260. The molecule has 1 aliphatic heterocycles. The van der Waals surface area contributed by atoms with E-state index in [-0.39, 0.29) is 12.1 Å². The van der Waals surface area contributed by atoms with Gasteiger partial charge in [-0.1, -0.05) is 19.3 Å². The molecule has 18 heavy (non-hydrogen) atoms. The maximum Gasteiger partial charge on any atom is 0.214 e. The van der Waals surface area contributed by atoms with E-state index in [1.54, 1.807) is 4.31 Å². The molecule has 1 heterocycles. The number of nitrogens with one attached hydrogen (secondary N) is 1. The molecular formula is C13H26N2O2S. The molecule has 5 heteroatoms. The molecule has 2 aliphatic rings. The number of hydrogen-bond donors (Lipinski definition) is 1. The van der Waals surface area contributed by atoms with Gasteiger partial charge in [0.1, 0.15) is 0 Å². The van der Waals surface area contributed by atoms with E-state index in [0.717, 1.165) is 12.8 Å². The molecule has 0 bridgehead atoms. The van der Waals surface area contributed by atoms with Gasteiger partial charge in [-0.15, -0.1) is 0 Å². The molecule has 1 saturated carbocycles. The van der Waals surface area contributed by atoms with Gasteiger partial charge in [0.25, 0.3) is 0 Å². The zero-order chi connectivity index (χ0) is 13.2. The second kappa shape index (κ2) is 5.88. The number of rotatable bonds is 3. The summed E-state index contributed by atoms with van der Waals surface area (Å²) in [5.74, 6) is 0.760. The number of hydrogen-bond acceptors (Lipinski definition) is 3. The summed E-state index contributed by atoms with van der Waals surface area (Å²) in [6, 6.07) is 0.518. The van der Waals surface area contributed by atoms with E-state index >= 15 is 0 Å². The monoisotopic (exact) mass is 274 g/mol. The fourth-order valence-electron chi connectivity index (χ4n) is 3.26. The van der Waals surface area contributed by atoms with Gasteiger partial charge >= 0.3 is 0 Å². The van der Waals surface area contributed by atoms with Crippen LogP contribution in [0.3, 0.4) is 0 Å². The van der Waals surface area contributed by atoms with Crippen LogP contribution >= 0.6 is 0 Å². The first-order chi connectivity index (χ1) is 8.47. The highest BCUT2D eigenvalue weighted by Gasteiger charge is 2.32. The quantitative estimate of drug-likeness (QED) is 0.850. The summed E-state index contributed by atoms with van der Waals surface area (Å²) in [7, 11) is -3.06. The van der Waals surface area contributed by atoms with Crippen molar-refractivity contribution in [3.8, 4) is 0 Å². The van der Waals surface area contributed by atoms with Crippen molar-refractivity contribution < 1.29 is 8.42 Å². The Morgan fingerprint density at radius 2 is 1.61 bits per heavy atom. The van der Waals surface area contributed by atoms with Crippen LogP contribution in [0.2, 0.25) is 0 Å².